The maximum absolute atomic E-state index is 12.9. The summed E-state index contributed by atoms with van der Waals surface area (Å²) in [6.07, 6.45) is 1.48. The third kappa shape index (κ3) is 5.66. The Balaban J connectivity index is 1.76. The van der Waals surface area contributed by atoms with Gasteiger partial charge in [-0.25, -0.2) is 8.42 Å². The standard InChI is InChI=1S/C24H30N4O3S2/c1-6-12-28(13-7-2)33(30,31)20-10-8-19(9-11-20)22(29)25-24-27-26-23(32-24)21-17(4)14-16(3)15-18(21)5/h8-11,14-15H,6-7,12-13H2,1-5H3,(H,25,27,29). The highest BCUT2D eigenvalue weighted by molar-refractivity contribution is 7.89. The van der Waals surface area contributed by atoms with Crippen LogP contribution in [0.2, 0.25) is 0 Å². The number of aryl methyl sites for hydroxylation is 3. The first-order valence-corrected chi connectivity index (χ1v) is 13.3. The van der Waals surface area contributed by atoms with Crippen molar-refractivity contribution in [3.05, 3.63) is 58.7 Å². The maximum atomic E-state index is 12.9. The number of anilines is 1. The summed E-state index contributed by atoms with van der Waals surface area (Å²) >= 11 is 1.31. The first kappa shape index (κ1) is 25.0. The Hall–Kier alpha value is -2.62. The van der Waals surface area contributed by atoms with Gasteiger partial charge in [0.2, 0.25) is 15.2 Å². The molecule has 0 saturated carbocycles. The minimum atomic E-state index is -3.58. The molecule has 0 spiro atoms. The van der Waals surface area contributed by atoms with Crippen LogP contribution in [0.5, 0.6) is 0 Å². The number of carbonyl (C=O) groups excluding carboxylic acids is 1. The Bertz CT molecular complexity index is 1210. The van der Waals surface area contributed by atoms with Gasteiger partial charge in [0, 0.05) is 24.2 Å². The normalized spacial score (nSPS) is 11.7. The molecule has 0 saturated heterocycles. The van der Waals surface area contributed by atoms with Gasteiger partial charge in [-0.2, -0.15) is 4.31 Å². The zero-order valence-corrected chi connectivity index (χ0v) is 21.3. The van der Waals surface area contributed by atoms with Crippen molar-refractivity contribution in [1.29, 1.82) is 0 Å². The number of rotatable bonds is 9. The molecule has 0 aliphatic rings. The molecule has 0 aliphatic heterocycles. The van der Waals surface area contributed by atoms with Crippen molar-refractivity contribution >= 4 is 32.4 Å². The third-order valence-electron chi connectivity index (χ3n) is 5.24. The molecule has 176 valence electrons. The largest absolute Gasteiger partial charge is 0.296 e. The van der Waals surface area contributed by atoms with Gasteiger partial charge in [-0.3, -0.25) is 10.1 Å². The smallest absolute Gasteiger partial charge is 0.257 e. The van der Waals surface area contributed by atoms with Crippen LogP contribution in [0, 0.1) is 20.8 Å². The highest BCUT2D eigenvalue weighted by atomic mass is 32.2. The number of sulfonamides is 1. The average Bonchev–Trinajstić information content (AvgIpc) is 3.20. The summed E-state index contributed by atoms with van der Waals surface area (Å²) in [5.74, 6) is -0.363. The summed E-state index contributed by atoms with van der Waals surface area (Å²) in [5.41, 5.74) is 4.78. The SMILES string of the molecule is CCCN(CCC)S(=O)(=O)c1ccc(C(=O)Nc2nnc(-c3c(C)cc(C)cc3C)s2)cc1. The van der Waals surface area contributed by atoms with Gasteiger partial charge in [-0.1, -0.05) is 42.9 Å². The lowest BCUT2D eigenvalue weighted by Crippen LogP contribution is -2.32. The van der Waals surface area contributed by atoms with E-state index in [9.17, 15) is 13.2 Å². The van der Waals surface area contributed by atoms with E-state index in [-0.39, 0.29) is 10.8 Å². The minimum Gasteiger partial charge on any atom is -0.296 e. The molecule has 33 heavy (non-hydrogen) atoms. The van der Waals surface area contributed by atoms with Crippen molar-refractivity contribution in [2.45, 2.75) is 52.4 Å². The number of nitrogens with zero attached hydrogens (tertiary/aromatic N) is 3. The fourth-order valence-electron chi connectivity index (χ4n) is 3.84. The topological polar surface area (TPSA) is 92.3 Å². The fourth-order valence-corrected chi connectivity index (χ4v) is 6.38. The second-order valence-electron chi connectivity index (χ2n) is 8.07. The van der Waals surface area contributed by atoms with Crippen LogP contribution in [-0.2, 0) is 10.0 Å². The minimum absolute atomic E-state index is 0.185. The number of hydrogen-bond donors (Lipinski definition) is 1. The molecule has 1 N–H and O–H groups in total. The van der Waals surface area contributed by atoms with Gasteiger partial charge in [0.25, 0.3) is 5.91 Å². The van der Waals surface area contributed by atoms with E-state index in [2.05, 4.69) is 34.6 Å². The lowest BCUT2D eigenvalue weighted by molar-refractivity contribution is 0.102. The Kier molecular flexibility index (Phi) is 7.99. The summed E-state index contributed by atoms with van der Waals surface area (Å²) in [4.78, 5) is 12.9. The van der Waals surface area contributed by atoms with Gasteiger partial charge >= 0.3 is 0 Å². The number of amides is 1. The van der Waals surface area contributed by atoms with Gasteiger partial charge in [-0.05, 0) is 69.0 Å². The van der Waals surface area contributed by atoms with Crippen molar-refractivity contribution in [3.8, 4) is 10.6 Å². The second-order valence-corrected chi connectivity index (χ2v) is 11.0. The molecular weight excluding hydrogens is 456 g/mol. The molecule has 3 aromatic rings. The molecule has 7 nitrogen and oxygen atoms in total. The number of benzene rings is 2. The van der Waals surface area contributed by atoms with Crippen LogP contribution in [-0.4, -0.2) is 41.9 Å². The van der Waals surface area contributed by atoms with E-state index in [0.29, 0.717) is 23.8 Å². The summed E-state index contributed by atoms with van der Waals surface area (Å²) in [6.45, 7) is 11.0. The summed E-state index contributed by atoms with van der Waals surface area (Å²) in [6, 6.07) is 10.2. The number of nitrogens with one attached hydrogen (secondary N) is 1. The Morgan fingerprint density at radius 1 is 0.970 bits per heavy atom. The van der Waals surface area contributed by atoms with Crippen molar-refractivity contribution in [3.63, 3.8) is 0 Å². The second kappa shape index (κ2) is 10.5. The third-order valence-corrected chi connectivity index (χ3v) is 8.01. The monoisotopic (exact) mass is 486 g/mol. The average molecular weight is 487 g/mol. The maximum Gasteiger partial charge on any atom is 0.257 e. The zero-order valence-electron chi connectivity index (χ0n) is 19.7. The molecule has 0 bridgehead atoms. The molecule has 9 heteroatoms. The number of carbonyl (C=O) groups is 1. The molecule has 3 rings (SSSR count). The lowest BCUT2D eigenvalue weighted by atomic mass is 10.0. The predicted octanol–water partition coefficient (Wildman–Crippen LogP) is 5.19. The van der Waals surface area contributed by atoms with E-state index in [1.165, 1.54) is 45.5 Å². The van der Waals surface area contributed by atoms with E-state index < -0.39 is 10.0 Å². The van der Waals surface area contributed by atoms with Crippen molar-refractivity contribution < 1.29 is 13.2 Å². The van der Waals surface area contributed by atoms with E-state index >= 15 is 0 Å². The Morgan fingerprint density at radius 2 is 1.55 bits per heavy atom. The van der Waals surface area contributed by atoms with Crippen molar-refractivity contribution in [2.75, 3.05) is 18.4 Å². The molecule has 0 aliphatic carbocycles. The van der Waals surface area contributed by atoms with Crippen molar-refractivity contribution in [2.24, 2.45) is 0 Å². The number of aromatic nitrogens is 2. The van der Waals surface area contributed by atoms with Crippen LogP contribution in [0.1, 0.15) is 53.7 Å². The highest BCUT2D eigenvalue weighted by Crippen LogP contribution is 2.32. The van der Waals surface area contributed by atoms with Crippen LogP contribution >= 0.6 is 11.3 Å². The van der Waals surface area contributed by atoms with Gasteiger partial charge in [0.15, 0.2) is 0 Å². The molecule has 0 unspecified atom stereocenters. The number of hydrogen-bond acceptors (Lipinski definition) is 6. The van der Waals surface area contributed by atoms with Gasteiger partial charge in [0.1, 0.15) is 5.01 Å². The molecule has 2 aromatic carbocycles. The molecule has 0 radical (unpaired) electrons. The fraction of sp³-hybridized carbons (Fsp3) is 0.375. The van der Waals surface area contributed by atoms with Crippen LogP contribution in [0.4, 0.5) is 5.13 Å². The van der Waals surface area contributed by atoms with Crippen LogP contribution < -0.4 is 5.32 Å². The predicted molar refractivity (Wildman–Crippen MR) is 133 cm³/mol. The Morgan fingerprint density at radius 3 is 2.09 bits per heavy atom. The molecule has 1 aromatic heterocycles. The first-order valence-electron chi connectivity index (χ1n) is 11.0. The summed E-state index contributed by atoms with van der Waals surface area (Å²) < 4.78 is 27.3. The molecule has 0 atom stereocenters. The van der Waals surface area contributed by atoms with E-state index in [4.69, 9.17) is 0 Å². The zero-order chi connectivity index (χ0) is 24.2. The molecule has 0 fully saturated rings. The highest BCUT2D eigenvalue weighted by Gasteiger charge is 2.23. The summed E-state index contributed by atoms with van der Waals surface area (Å²) in [7, 11) is -3.58. The Labute approximate surface area is 199 Å². The van der Waals surface area contributed by atoms with E-state index in [1.807, 2.05) is 27.7 Å². The first-order chi connectivity index (χ1) is 15.7. The van der Waals surface area contributed by atoms with Crippen LogP contribution in [0.25, 0.3) is 10.6 Å². The van der Waals surface area contributed by atoms with Crippen molar-refractivity contribution in [1.82, 2.24) is 14.5 Å². The quantitative estimate of drug-likeness (QED) is 0.449. The van der Waals surface area contributed by atoms with E-state index in [0.717, 1.165) is 34.5 Å². The molecule has 1 amide bonds. The lowest BCUT2D eigenvalue weighted by Gasteiger charge is -2.21. The van der Waals surface area contributed by atoms with Gasteiger partial charge in [0.05, 0.1) is 4.90 Å². The molecular formula is C24H30N4O3S2. The van der Waals surface area contributed by atoms with Gasteiger partial charge < -0.3 is 0 Å². The van der Waals surface area contributed by atoms with Gasteiger partial charge in [-0.15, -0.1) is 10.2 Å². The molecule has 1 heterocycles. The van der Waals surface area contributed by atoms with Crippen LogP contribution in [0.3, 0.4) is 0 Å². The van der Waals surface area contributed by atoms with Crippen LogP contribution in [0.15, 0.2) is 41.3 Å². The van der Waals surface area contributed by atoms with E-state index in [1.54, 1.807) is 0 Å². The summed E-state index contributed by atoms with van der Waals surface area (Å²) in [5, 5.41) is 12.3.